The molecule has 0 spiro atoms. The first-order valence-corrected chi connectivity index (χ1v) is 6.74. The van der Waals surface area contributed by atoms with Crippen molar-refractivity contribution in [3.8, 4) is 0 Å². The van der Waals surface area contributed by atoms with Gasteiger partial charge in [-0.1, -0.05) is 20.8 Å². The Morgan fingerprint density at radius 3 is 2.59 bits per heavy atom. The summed E-state index contributed by atoms with van der Waals surface area (Å²) in [4.78, 5) is 14.4. The number of likely N-dealkylation sites (N-methyl/N-ethyl adjacent to an activating group) is 1. The fraction of sp³-hybridized carbons (Fsp3) is 0.929. The van der Waals surface area contributed by atoms with Gasteiger partial charge in [0.2, 0.25) is 5.91 Å². The first-order valence-electron chi connectivity index (χ1n) is 6.74. The van der Waals surface area contributed by atoms with Gasteiger partial charge in [0.25, 0.3) is 0 Å². The van der Waals surface area contributed by atoms with Crippen LogP contribution >= 0.6 is 0 Å². The Morgan fingerprint density at radius 2 is 2.06 bits per heavy atom. The fourth-order valence-electron chi connectivity index (χ4n) is 2.63. The molecule has 1 rings (SSSR count). The molecule has 1 aliphatic rings. The predicted molar refractivity (Wildman–Crippen MR) is 72.0 cm³/mol. The number of carbonyl (C=O) groups excluding carboxylic acids is 1. The molecule has 100 valence electrons. The largest absolute Gasteiger partial charge is 0.336 e. The lowest BCUT2D eigenvalue weighted by molar-refractivity contribution is -0.135. The molecule has 1 atom stereocenters. The van der Waals surface area contributed by atoms with Crippen molar-refractivity contribution in [1.29, 1.82) is 0 Å². The van der Waals surface area contributed by atoms with Gasteiger partial charge in [0.1, 0.15) is 0 Å². The lowest BCUT2D eigenvalue weighted by Gasteiger charge is -2.36. The summed E-state index contributed by atoms with van der Waals surface area (Å²) in [6.45, 7) is 10.6. The van der Waals surface area contributed by atoms with Crippen LogP contribution < -0.4 is 5.32 Å². The van der Waals surface area contributed by atoms with Crippen LogP contribution in [0.4, 0.5) is 0 Å². The summed E-state index contributed by atoms with van der Waals surface area (Å²) >= 11 is 0. The van der Waals surface area contributed by atoms with Crippen molar-refractivity contribution in [2.75, 3.05) is 20.1 Å². The number of hydrogen-bond donors (Lipinski definition) is 1. The van der Waals surface area contributed by atoms with Crippen LogP contribution in [0.2, 0.25) is 0 Å². The molecule has 0 aromatic rings. The number of rotatable bonds is 4. The van der Waals surface area contributed by atoms with Crippen LogP contribution in [0.3, 0.4) is 0 Å². The first-order chi connectivity index (χ1) is 7.78. The Kier molecular flexibility index (Phi) is 4.59. The van der Waals surface area contributed by atoms with E-state index in [1.165, 1.54) is 0 Å². The van der Waals surface area contributed by atoms with Crippen molar-refractivity contribution in [2.45, 2.75) is 58.9 Å². The van der Waals surface area contributed by atoms with Crippen molar-refractivity contribution in [1.82, 2.24) is 10.2 Å². The van der Waals surface area contributed by atoms with Crippen LogP contribution in [-0.4, -0.2) is 36.5 Å². The van der Waals surface area contributed by atoms with Crippen molar-refractivity contribution < 1.29 is 4.79 Å². The summed E-state index contributed by atoms with van der Waals surface area (Å²) in [6, 6.07) is 0. The van der Waals surface area contributed by atoms with Gasteiger partial charge < -0.3 is 10.2 Å². The maximum atomic E-state index is 12.3. The van der Waals surface area contributed by atoms with E-state index in [0.717, 1.165) is 32.4 Å². The second-order valence-electron chi connectivity index (χ2n) is 6.74. The minimum Gasteiger partial charge on any atom is -0.336 e. The first kappa shape index (κ1) is 14.5. The highest BCUT2D eigenvalue weighted by atomic mass is 16.2. The quantitative estimate of drug-likeness (QED) is 0.818. The zero-order valence-electron chi connectivity index (χ0n) is 12.1. The molecule has 1 heterocycles. The van der Waals surface area contributed by atoms with Crippen LogP contribution in [0.15, 0.2) is 0 Å². The SMILES string of the molecule is CNCC1(C)CCCN1C(=O)CCC(C)(C)C. The molecule has 0 saturated carbocycles. The van der Waals surface area contributed by atoms with Gasteiger partial charge in [0.05, 0.1) is 5.54 Å². The number of likely N-dealkylation sites (tertiary alicyclic amines) is 1. The molecule has 0 aliphatic carbocycles. The zero-order valence-corrected chi connectivity index (χ0v) is 12.1. The van der Waals surface area contributed by atoms with Crippen molar-refractivity contribution in [2.24, 2.45) is 5.41 Å². The molecule has 3 heteroatoms. The molecule has 0 radical (unpaired) electrons. The molecule has 1 amide bonds. The van der Waals surface area contributed by atoms with Gasteiger partial charge in [-0.3, -0.25) is 4.79 Å². The van der Waals surface area contributed by atoms with Gasteiger partial charge in [0.15, 0.2) is 0 Å². The van der Waals surface area contributed by atoms with E-state index >= 15 is 0 Å². The van der Waals surface area contributed by atoms with Crippen LogP contribution in [0, 0.1) is 5.41 Å². The van der Waals surface area contributed by atoms with Gasteiger partial charge in [-0.2, -0.15) is 0 Å². The number of nitrogens with zero attached hydrogens (tertiary/aromatic N) is 1. The van der Waals surface area contributed by atoms with Crippen LogP contribution in [-0.2, 0) is 4.79 Å². The van der Waals surface area contributed by atoms with Crippen LogP contribution in [0.5, 0.6) is 0 Å². The molecule has 1 unspecified atom stereocenters. The summed E-state index contributed by atoms with van der Waals surface area (Å²) in [6.07, 6.45) is 3.91. The van der Waals surface area contributed by atoms with E-state index in [1.807, 2.05) is 7.05 Å². The van der Waals surface area contributed by atoms with Gasteiger partial charge in [-0.25, -0.2) is 0 Å². The molecular weight excluding hydrogens is 212 g/mol. The van der Waals surface area contributed by atoms with E-state index in [-0.39, 0.29) is 11.0 Å². The van der Waals surface area contributed by atoms with Gasteiger partial charge >= 0.3 is 0 Å². The summed E-state index contributed by atoms with van der Waals surface area (Å²) in [5.41, 5.74) is 0.276. The van der Waals surface area contributed by atoms with Crippen molar-refractivity contribution in [3.63, 3.8) is 0 Å². The average Bonchev–Trinajstić information content (AvgIpc) is 2.56. The Bertz CT molecular complexity index is 270. The molecule has 1 fully saturated rings. The number of hydrogen-bond acceptors (Lipinski definition) is 2. The van der Waals surface area contributed by atoms with Gasteiger partial charge in [-0.15, -0.1) is 0 Å². The second-order valence-corrected chi connectivity index (χ2v) is 6.74. The van der Waals surface area contributed by atoms with Gasteiger partial charge in [0, 0.05) is 19.5 Å². The predicted octanol–water partition coefficient (Wildman–Crippen LogP) is 2.41. The summed E-state index contributed by atoms with van der Waals surface area (Å²) in [7, 11) is 1.96. The fourth-order valence-corrected chi connectivity index (χ4v) is 2.63. The molecule has 3 nitrogen and oxygen atoms in total. The van der Waals surface area contributed by atoms with E-state index in [9.17, 15) is 4.79 Å². The minimum absolute atomic E-state index is 0.0315. The number of amides is 1. The average molecular weight is 240 g/mol. The highest BCUT2D eigenvalue weighted by Gasteiger charge is 2.38. The normalized spacial score (nSPS) is 25.4. The number of carbonyl (C=O) groups is 1. The third-order valence-corrected chi connectivity index (χ3v) is 3.70. The lowest BCUT2D eigenvalue weighted by atomic mass is 9.90. The highest BCUT2D eigenvalue weighted by molar-refractivity contribution is 5.77. The Hall–Kier alpha value is -0.570. The van der Waals surface area contributed by atoms with Crippen LogP contribution in [0.25, 0.3) is 0 Å². The Balaban J connectivity index is 2.56. The third-order valence-electron chi connectivity index (χ3n) is 3.70. The summed E-state index contributed by atoms with van der Waals surface area (Å²) in [5.74, 6) is 0.329. The molecule has 1 saturated heterocycles. The third kappa shape index (κ3) is 3.98. The molecule has 0 aromatic heterocycles. The highest BCUT2D eigenvalue weighted by Crippen LogP contribution is 2.30. The molecular formula is C14H28N2O. The van der Waals surface area contributed by atoms with Crippen molar-refractivity contribution in [3.05, 3.63) is 0 Å². The lowest BCUT2D eigenvalue weighted by Crippen LogP contribution is -2.50. The van der Waals surface area contributed by atoms with Crippen molar-refractivity contribution >= 4 is 5.91 Å². The second kappa shape index (κ2) is 5.38. The molecule has 0 bridgehead atoms. The summed E-state index contributed by atoms with van der Waals surface area (Å²) < 4.78 is 0. The molecule has 0 aromatic carbocycles. The standard InChI is InChI=1S/C14H28N2O/c1-13(2,3)9-7-12(17)16-10-6-8-14(16,4)11-15-5/h15H,6-11H2,1-5H3. The maximum absolute atomic E-state index is 12.3. The monoisotopic (exact) mass is 240 g/mol. The van der Waals surface area contributed by atoms with E-state index in [2.05, 4.69) is 37.9 Å². The topological polar surface area (TPSA) is 32.3 Å². The minimum atomic E-state index is 0.0315. The molecule has 1 aliphatic heterocycles. The molecule has 17 heavy (non-hydrogen) atoms. The summed E-state index contributed by atoms with van der Waals surface area (Å²) in [5, 5.41) is 3.21. The van der Waals surface area contributed by atoms with Gasteiger partial charge in [-0.05, 0) is 38.6 Å². The van der Waals surface area contributed by atoms with E-state index in [4.69, 9.17) is 0 Å². The van der Waals surface area contributed by atoms with Crippen LogP contribution in [0.1, 0.15) is 53.4 Å². The van der Waals surface area contributed by atoms with E-state index in [1.54, 1.807) is 0 Å². The smallest absolute Gasteiger partial charge is 0.223 e. The molecule has 1 N–H and O–H groups in total. The zero-order chi connectivity index (χ0) is 13.1. The number of nitrogens with one attached hydrogen (secondary N) is 1. The van der Waals surface area contributed by atoms with E-state index < -0.39 is 0 Å². The Morgan fingerprint density at radius 1 is 1.41 bits per heavy atom. The van der Waals surface area contributed by atoms with E-state index in [0.29, 0.717) is 12.3 Å². The maximum Gasteiger partial charge on any atom is 0.223 e. The Labute approximate surface area is 106 Å².